The zero-order valence-corrected chi connectivity index (χ0v) is 12.4. The van der Waals surface area contributed by atoms with Gasteiger partial charge in [0.2, 0.25) is 0 Å². The van der Waals surface area contributed by atoms with Crippen LogP contribution in [0.3, 0.4) is 0 Å². The molecule has 0 spiro atoms. The second kappa shape index (κ2) is 6.96. The molecule has 106 valence electrons. The van der Waals surface area contributed by atoms with Crippen LogP contribution in [0.25, 0.3) is 0 Å². The van der Waals surface area contributed by atoms with Gasteiger partial charge in [0, 0.05) is 44.0 Å². The molecule has 20 heavy (non-hydrogen) atoms. The number of guanidine groups is 1. The number of nitrogens with zero attached hydrogens (tertiary/aromatic N) is 3. The third-order valence-electron chi connectivity index (χ3n) is 2.79. The third-order valence-corrected chi connectivity index (χ3v) is 3.03. The van der Waals surface area contributed by atoms with Crippen molar-refractivity contribution in [1.82, 2.24) is 20.4 Å². The van der Waals surface area contributed by atoms with Crippen LogP contribution in [0.2, 0.25) is 5.02 Å². The van der Waals surface area contributed by atoms with Crippen LogP contribution < -0.4 is 10.6 Å². The van der Waals surface area contributed by atoms with E-state index in [1.807, 2.05) is 43.7 Å². The van der Waals surface area contributed by atoms with E-state index in [2.05, 4.69) is 20.7 Å². The maximum absolute atomic E-state index is 5.95. The summed E-state index contributed by atoms with van der Waals surface area (Å²) in [5.74, 6) is 0.744. The van der Waals surface area contributed by atoms with Crippen molar-refractivity contribution < 1.29 is 0 Å². The minimum Gasteiger partial charge on any atom is -0.352 e. The molecule has 2 aromatic rings. The molecule has 0 fully saturated rings. The Labute approximate surface area is 123 Å². The number of rotatable bonds is 4. The quantitative estimate of drug-likeness (QED) is 0.669. The molecule has 2 N–H and O–H groups in total. The molecule has 0 saturated heterocycles. The molecule has 0 aliphatic heterocycles. The summed E-state index contributed by atoms with van der Waals surface area (Å²) in [5.41, 5.74) is 2.22. The minimum atomic E-state index is 0.674. The van der Waals surface area contributed by atoms with E-state index in [-0.39, 0.29) is 0 Å². The number of hydrogen-bond donors (Lipinski definition) is 2. The molecular weight excluding hydrogens is 274 g/mol. The van der Waals surface area contributed by atoms with Crippen molar-refractivity contribution in [3.63, 3.8) is 0 Å². The molecule has 0 aliphatic carbocycles. The lowest BCUT2D eigenvalue weighted by Gasteiger charge is -2.11. The van der Waals surface area contributed by atoms with Gasteiger partial charge in [0.05, 0.1) is 6.20 Å². The van der Waals surface area contributed by atoms with Crippen molar-refractivity contribution in [1.29, 1.82) is 0 Å². The number of nitrogens with one attached hydrogen (secondary N) is 2. The van der Waals surface area contributed by atoms with Gasteiger partial charge in [-0.05, 0) is 17.7 Å². The Balaban J connectivity index is 1.84. The lowest BCUT2D eigenvalue weighted by Crippen LogP contribution is -2.36. The lowest BCUT2D eigenvalue weighted by molar-refractivity contribution is 0.765. The first-order chi connectivity index (χ1) is 9.67. The lowest BCUT2D eigenvalue weighted by atomic mass is 10.2. The Morgan fingerprint density at radius 3 is 2.65 bits per heavy atom. The van der Waals surface area contributed by atoms with E-state index in [1.165, 1.54) is 0 Å². The van der Waals surface area contributed by atoms with Crippen LogP contribution in [0.5, 0.6) is 0 Å². The number of benzene rings is 1. The van der Waals surface area contributed by atoms with Crippen molar-refractivity contribution in [2.45, 2.75) is 13.1 Å². The normalized spacial score (nSPS) is 11.4. The van der Waals surface area contributed by atoms with E-state index in [1.54, 1.807) is 11.7 Å². The highest BCUT2D eigenvalue weighted by atomic mass is 35.5. The predicted molar refractivity (Wildman–Crippen MR) is 81.7 cm³/mol. The zero-order chi connectivity index (χ0) is 14.4. The number of halogens is 1. The standard InChI is InChI=1S/C14H18ClN5/c1-16-14(18-8-12-9-19-20(2)10-12)17-7-11-4-3-5-13(15)6-11/h3-6,9-10H,7-8H2,1-2H3,(H2,16,17,18). The molecule has 0 atom stereocenters. The third kappa shape index (κ3) is 4.28. The van der Waals surface area contributed by atoms with E-state index in [4.69, 9.17) is 11.6 Å². The van der Waals surface area contributed by atoms with Gasteiger partial charge in [-0.15, -0.1) is 0 Å². The Hall–Kier alpha value is -2.01. The maximum atomic E-state index is 5.95. The van der Waals surface area contributed by atoms with Gasteiger partial charge in [0.1, 0.15) is 0 Å². The van der Waals surface area contributed by atoms with Crippen LogP contribution >= 0.6 is 11.6 Å². The van der Waals surface area contributed by atoms with Crippen LogP contribution in [0.1, 0.15) is 11.1 Å². The Morgan fingerprint density at radius 2 is 2.05 bits per heavy atom. The highest BCUT2D eigenvalue weighted by Gasteiger charge is 2.00. The Morgan fingerprint density at radius 1 is 1.30 bits per heavy atom. The number of aryl methyl sites for hydroxylation is 1. The fraction of sp³-hybridized carbons (Fsp3) is 0.286. The molecule has 0 saturated carbocycles. The topological polar surface area (TPSA) is 54.2 Å². The first-order valence-corrected chi connectivity index (χ1v) is 6.71. The summed E-state index contributed by atoms with van der Waals surface area (Å²) in [6.45, 7) is 1.36. The summed E-state index contributed by atoms with van der Waals surface area (Å²) >= 11 is 5.95. The fourth-order valence-electron chi connectivity index (χ4n) is 1.80. The maximum Gasteiger partial charge on any atom is 0.191 e. The van der Waals surface area contributed by atoms with E-state index in [0.717, 1.165) is 22.1 Å². The summed E-state index contributed by atoms with van der Waals surface area (Å²) in [6, 6.07) is 7.75. The van der Waals surface area contributed by atoms with Crippen molar-refractivity contribution in [3.8, 4) is 0 Å². The summed E-state index contributed by atoms with van der Waals surface area (Å²) in [5, 5.41) is 11.3. The molecule has 1 heterocycles. The number of aromatic nitrogens is 2. The molecule has 1 aromatic heterocycles. The second-order valence-corrected chi connectivity index (χ2v) is 4.87. The van der Waals surface area contributed by atoms with Crippen molar-refractivity contribution in [2.75, 3.05) is 7.05 Å². The van der Waals surface area contributed by atoms with E-state index < -0.39 is 0 Å². The van der Waals surface area contributed by atoms with Crippen LogP contribution in [0, 0.1) is 0 Å². The van der Waals surface area contributed by atoms with Gasteiger partial charge in [0.15, 0.2) is 5.96 Å². The fourth-order valence-corrected chi connectivity index (χ4v) is 2.02. The molecule has 2 rings (SSSR count). The minimum absolute atomic E-state index is 0.674. The zero-order valence-electron chi connectivity index (χ0n) is 11.6. The Bertz CT molecular complexity index is 591. The average Bonchev–Trinajstić information content (AvgIpc) is 2.85. The van der Waals surface area contributed by atoms with Crippen LogP contribution in [0.4, 0.5) is 0 Å². The van der Waals surface area contributed by atoms with E-state index in [9.17, 15) is 0 Å². The first-order valence-electron chi connectivity index (χ1n) is 6.34. The van der Waals surface area contributed by atoms with Crippen molar-refractivity contribution in [2.24, 2.45) is 12.0 Å². The SMILES string of the molecule is CN=C(NCc1cccc(Cl)c1)NCc1cnn(C)c1. The molecule has 0 radical (unpaired) electrons. The molecule has 5 nitrogen and oxygen atoms in total. The summed E-state index contributed by atoms with van der Waals surface area (Å²) < 4.78 is 1.78. The van der Waals surface area contributed by atoms with Crippen LogP contribution in [-0.4, -0.2) is 22.8 Å². The van der Waals surface area contributed by atoms with Crippen molar-refractivity contribution >= 4 is 17.6 Å². The van der Waals surface area contributed by atoms with E-state index >= 15 is 0 Å². The van der Waals surface area contributed by atoms with Crippen molar-refractivity contribution in [3.05, 3.63) is 52.8 Å². The van der Waals surface area contributed by atoms with Crippen LogP contribution in [-0.2, 0) is 20.1 Å². The molecule has 1 aromatic carbocycles. The highest BCUT2D eigenvalue weighted by molar-refractivity contribution is 6.30. The number of hydrogen-bond acceptors (Lipinski definition) is 2. The van der Waals surface area contributed by atoms with Gasteiger partial charge >= 0.3 is 0 Å². The highest BCUT2D eigenvalue weighted by Crippen LogP contribution is 2.10. The molecule has 0 unspecified atom stereocenters. The van der Waals surface area contributed by atoms with Gasteiger partial charge in [-0.1, -0.05) is 23.7 Å². The van der Waals surface area contributed by atoms with Gasteiger partial charge in [-0.3, -0.25) is 9.67 Å². The van der Waals surface area contributed by atoms with Gasteiger partial charge < -0.3 is 10.6 Å². The van der Waals surface area contributed by atoms with E-state index in [0.29, 0.717) is 13.1 Å². The average molecular weight is 292 g/mol. The molecule has 0 amide bonds. The summed E-state index contributed by atoms with van der Waals surface area (Å²) in [7, 11) is 3.65. The first kappa shape index (κ1) is 14.4. The van der Waals surface area contributed by atoms with Crippen LogP contribution in [0.15, 0.2) is 41.7 Å². The van der Waals surface area contributed by atoms with Gasteiger partial charge in [-0.25, -0.2) is 0 Å². The Kier molecular flexibility index (Phi) is 5.01. The molecular formula is C14H18ClN5. The predicted octanol–water partition coefficient (Wildman–Crippen LogP) is 1.94. The second-order valence-electron chi connectivity index (χ2n) is 4.43. The van der Waals surface area contributed by atoms with Gasteiger partial charge in [0.25, 0.3) is 0 Å². The van der Waals surface area contributed by atoms with Gasteiger partial charge in [-0.2, -0.15) is 5.10 Å². The smallest absolute Gasteiger partial charge is 0.191 e. The summed E-state index contributed by atoms with van der Waals surface area (Å²) in [6.07, 6.45) is 3.80. The number of aliphatic imine (C=N–C) groups is 1. The molecule has 0 aliphatic rings. The molecule has 0 bridgehead atoms. The monoisotopic (exact) mass is 291 g/mol. The largest absolute Gasteiger partial charge is 0.352 e. The summed E-state index contributed by atoms with van der Waals surface area (Å²) in [4.78, 5) is 4.18. The molecule has 6 heteroatoms.